The maximum atomic E-state index is 12.9. The fourth-order valence-electron chi connectivity index (χ4n) is 2.87. The SMILES string of the molecule is Cn1nc(-c2ccc(C(=O)NCCCN3CCOCC3)s2)cc1C(F)(F)F. The summed E-state index contributed by atoms with van der Waals surface area (Å²) in [5.74, 6) is -0.222. The zero-order valence-electron chi connectivity index (χ0n) is 14.9. The van der Waals surface area contributed by atoms with Crippen molar-refractivity contribution in [1.82, 2.24) is 20.0 Å². The van der Waals surface area contributed by atoms with Crippen LogP contribution >= 0.6 is 11.3 Å². The van der Waals surface area contributed by atoms with E-state index in [-0.39, 0.29) is 11.6 Å². The van der Waals surface area contributed by atoms with Gasteiger partial charge in [0.2, 0.25) is 0 Å². The van der Waals surface area contributed by atoms with Gasteiger partial charge in [0.1, 0.15) is 11.4 Å². The third kappa shape index (κ3) is 5.08. The lowest BCUT2D eigenvalue weighted by Gasteiger charge is -2.26. The first kappa shape index (κ1) is 19.8. The maximum Gasteiger partial charge on any atom is 0.433 e. The van der Waals surface area contributed by atoms with Gasteiger partial charge in [-0.2, -0.15) is 18.3 Å². The predicted octanol–water partition coefficient (Wildman–Crippen LogP) is 2.62. The molecule has 2 aromatic heterocycles. The number of amides is 1. The summed E-state index contributed by atoms with van der Waals surface area (Å²) in [6.07, 6.45) is -3.63. The second-order valence-corrected chi connectivity index (χ2v) is 7.35. The average molecular weight is 402 g/mol. The molecular formula is C17H21F3N4O2S. The van der Waals surface area contributed by atoms with Crippen LogP contribution in [0.4, 0.5) is 13.2 Å². The minimum atomic E-state index is -4.46. The molecule has 1 N–H and O–H groups in total. The summed E-state index contributed by atoms with van der Waals surface area (Å²) in [6.45, 7) is 4.75. The first-order chi connectivity index (χ1) is 12.8. The minimum Gasteiger partial charge on any atom is -0.379 e. The van der Waals surface area contributed by atoms with Gasteiger partial charge < -0.3 is 10.1 Å². The Bertz CT molecular complexity index is 781. The Morgan fingerprint density at radius 2 is 2.07 bits per heavy atom. The van der Waals surface area contributed by atoms with Gasteiger partial charge in [0.25, 0.3) is 5.91 Å². The first-order valence-electron chi connectivity index (χ1n) is 8.64. The minimum absolute atomic E-state index is 0.209. The molecule has 3 heterocycles. The molecule has 1 aliphatic rings. The number of rotatable bonds is 6. The maximum absolute atomic E-state index is 12.9. The number of carbonyl (C=O) groups is 1. The average Bonchev–Trinajstić information content (AvgIpc) is 3.26. The van der Waals surface area contributed by atoms with Gasteiger partial charge in [0, 0.05) is 26.7 Å². The van der Waals surface area contributed by atoms with Crippen molar-refractivity contribution < 1.29 is 22.7 Å². The molecule has 0 aliphatic carbocycles. The largest absolute Gasteiger partial charge is 0.433 e. The van der Waals surface area contributed by atoms with Gasteiger partial charge in [-0.05, 0) is 31.2 Å². The molecule has 1 aliphatic heterocycles. The van der Waals surface area contributed by atoms with E-state index in [1.807, 2.05) is 0 Å². The van der Waals surface area contributed by atoms with Gasteiger partial charge in [-0.25, -0.2) is 0 Å². The number of carbonyl (C=O) groups excluding carboxylic acids is 1. The highest BCUT2D eigenvalue weighted by atomic mass is 32.1. The fourth-order valence-corrected chi connectivity index (χ4v) is 3.75. The van der Waals surface area contributed by atoms with Gasteiger partial charge in [-0.1, -0.05) is 0 Å². The Morgan fingerprint density at radius 1 is 1.33 bits per heavy atom. The van der Waals surface area contributed by atoms with Crippen LogP contribution in [0.1, 0.15) is 21.8 Å². The van der Waals surface area contributed by atoms with Crippen molar-refractivity contribution in [2.45, 2.75) is 12.6 Å². The van der Waals surface area contributed by atoms with E-state index in [0.717, 1.165) is 61.4 Å². The van der Waals surface area contributed by atoms with E-state index in [1.54, 1.807) is 12.1 Å². The number of aryl methyl sites for hydroxylation is 1. The Kier molecular flexibility index (Phi) is 6.18. The molecule has 0 aromatic carbocycles. The number of thiophene rings is 1. The van der Waals surface area contributed by atoms with Gasteiger partial charge in [-0.15, -0.1) is 11.3 Å². The number of aromatic nitrogens is 2. The van der Waals surface area contributed by atoms with Crippen molar-refractivity contribution in [3.05, 3.63) is 28.8 Å². The molecule has 0 spiro atoms. The van der Waals surface area contributed by atoms with E-state index >= 15 is 0 Å². The summed E-state index contributed by atoms with van der Waals surface area (Å²) in [5, 5.41) is 6.76. The van der Waals surface area contributed by atoms with Crippen molar-refractivity contribution in [3.8, 4) is 10.6 Å². The highest BCUT2D eigenvalue weighted by molar-refractivity contribution is 7.17. The molecule has 10 heteroatoms. The Morgan fingerprint density at radius 3 is 2.74 bits per heavy atom. The number of halogens is 3. The summed E-state index contributed by atoms with van der Waals surface area (Å²) in [5.41, 5.74) is -0.610. The van der Waals surface area contributed by atoms with Crippen molar-refractivity contribution in [3.63, 3.8) is 0 Å². The van der Waals surface area contributed by atoms with Gasteiger partial charge in [0.05, 0.1) is 23.0 Å². The van der Waals surface area contributed by atoms with E-state index in [9.17, 15) is 18.0 Å². The van der Waals surface area contributed by atoms with E-state index < -0.39 is 11.9 Å². The number of hydrogen-bond donors (Lipinski definition) is 1. The van der Waals surface area contributed by atoms with Crippen LogP contribution in [0, 0.1) is 0 Å². The number of ether oxygens (including phenoxy) is 1. The lowest BCUT2D eigenvalue weighted by Crippen LogP contribution is -2.38. The smallest absolute Gasteiger partial charge is 0.379 e. The molecular weight excluding hydrogens is 381 g/mol. The number of nitrogens with one attached hydrogen (secondary N) is 1. The number of morpholine rings is 1. The van der Waals surface area contributed by atoms with Crippen LogP contribution in [0.25, 0.3) is 10.6 Å². The second kappa shape index (κ2) is 8.41. The number of alkyl halides is 3. The molecule has 0 atom stereocenters. The second-order valence-electron chi connectivity index (χ2n) is 6.26. The van der Waals surface area contributed by atoms with Crippen molar-refractivity contribution in [2.24, 2.45) is 7.05 Å². The summed E-state index contributed by atoms with van der Waals surface area (Å²) in [6, 6.07) is 4.23. The van der Waals surface area contributed by atoms with Crippen LogP contribution in [0.2, 0.25) is 0 Å². The summed E-state index contributed by atoms with van der Waals surface area (Å²) < 4.78 is 44.8. The van der Waals surface area contributed by atoms with E-state index in [1.165, 1.54) is 7.05 Å². The summed E-state index contributed by atoms with van der Waals surface area (Å²) >= 11 is 1.13. The summed E-state index contributed by atoms with van der Waals surface area (Å²) in [4.78, 5) is 15.5. The lowest BCUT2D eigenvalue weighted by atomic mass is 10.3. The number of hydrogen-bond acceptors (Lipinski definition) is 5. The molecule has 1 saturated heterocycles. The summed E-state index contributed by atoms with van der Waals surface area (Å²) in [7, 11) is 1.25. The molecule has 2 aromatic rings. The molecule has 0 radical (unpaired) electrons. The van der Waals surface area contributed by atoms with Crippen LogP contribution in [0.3, 0.4) is 0 Å². The van der Waals surface area contributed by atoms with Crippen LogP contribution in [0.15, 0.2) is 18.2 Å². The Balaban J connectivity index is 1.53. The highest BCUT2D eigenvalue weighted by Crippen LogP contribution is 2.34. The first-order valence-corrected chi connectivity index (χ1v) is 9.46. The van der Waals surface area contributed by atoms with Crippen LogP contribution in [-0.4, -0.2) is 60.0 Å². The highest BCUT2D eigenvalue weighted by Gasteiger charge is 2.35. The molecule has 1 fully saturated rings. The zero-order valence-corrected chi connectivity index (χ0v) is 15.7. The van der Waals surface area contributed by atoms with Gasteiger partial charge in [0.15, 0.2) is 0 Å². The topological polar surface area (TPSA) is 59.4 Å². The van der Waals surface area contributed by atoms with Crippen LogP contribution < -0.4 is 5.32 Å². The van der Waals surface area contributed by atoms with Gasteiger partial charge >= 0.3 is 6.18 Å². The fraction of sp³-hybridized carbons (Fsp3) is 0.529. The lowest BCUT2D eigenvalue weighted by molar-refractivity contribution is -0.143. The monoisotopic (exact) mass is 402 g/mol. The Labute approximate surface area is 158 Å². The molecule has 6 nitrogen and oxygen atoms in total. The van der Waals surface area contributed by atoms with Gasteiger partial charge in [-0.3, -0.25) is 14.4 Å². The third-order valence-electron chi connectivity index (χ3n) is 4.29. The predicted molar refractivity (Wildman–Crippen MR) is 95.7 cm³/mol. The molecule has 0 unspecified atom stereocenters. The van der Waals surface area contributed by atoms with E-state index in [2.05, 4.69) is 15.3 Å². The zero-order chi connectivity index (χ0) is 19.4. The van der Waals surface area contributed by atoms with Crippen LogP contribution in [-0.2, 0) is 18.0 Å². The van der Waals surface area contributed by atoms with E-state index in [4.69, 9.17) is 4.74 Å². The molecule has 1 amide bonds. The Hall–Kier alpha value is -1.91. The normalized spacial score (nSPS) is 15.9. The van der Waals surface area contributed by atoms with Crippen LogP contribution in [0.5, 0.6) is 0 Å². The third-order valence-corrected chi connectivity index (χ3v) is 5.40. The van der Waals surface area contributed by atoms with E-state index in [0.29, 0.717) is 16.3 Å². The van der Waals surface area contributed by atoms with Crippen molar-refractivity contribution in [1.29, 1.82) is 0 Å². The van der Waals surface area contributed by atoms with Crippen molar-refractivity contribution >= 4 is 17.2 Å². The number of nitrogens with zero attached hydrogens (tertiary/aromatic N) is 3. The molecule has 0 saturated carbocycles. The molecule has 3 rings (SSSR count). The molecule has 148 valence electrons. The quantitative estimate of drug-likeness (QED) is 0.755. The molecule has 27 heavy (non-hydrogen) atoms. The van der Waals surface area contributed by atoms with Crippen molar-refractivity contribution in [2.75, 3.05) is 39.4 Å². The standard InChI is InChI=1S/C17H21F3N4O2S/c1-23-15(17(18,19)20)11-12(22-23)13-3-4-14(27-13)16(25)21-5-2-6-24-7-9-26-10-8-24/h3-4,11H,2,5-10H2,1H3,(H,21,25). The molecule has 0 bridgehead atoms.